The fraction of sp³-hybridized carbons (Fsp3) is 0.400. The van der Waals surface area contributed by atoms with E-state index in [4.69, 9.17) is 0 Å². The monoisotopic (exact) mass is 514 g/mol. The number of hydrogen-bond acceptors (Lipinski definition) is 0. The summed E-state index contributed by atoms with van der Waals surface area (Å²) < 4.78 is 2.88. The average Bonchev–Trinajstić information content (AvgIpc) is 2.56. The van der Waals surface area contributed by atoms with Crippen molar-refractivity contribution in [2.75, 3.05) is 0 Å². The molecule has 0 aromatic heterocycles. The minimum absolute atomic E-state index is 1.27. The van der Waals surface area contributed by atoms with Gasteiger partial charge in [-0.1, -0.05) is 12.1 Å². The van der Waals surface area contributed by atoms with E-state index >= 15 is 0 Å². The Hall–Kier alpha value is -0.100. The van der Waals surface area contributed by atoms with E-state index < -0.39 is 0 Å². The molecule has 2 aliphatic carbocycles. The molecule has 0 aliphatic heterocycles. The zero-order valence-electron chi connectivity index (χ0n) is 12.7. The molecule has 114 valence electrons. The van der Waals surface area contributed by atoms with Crippen LogP contribution in [0.1, 0.15) is 47.9 Å². The molecule has 0 fully saturated rings. The summed E-state index contributed by atoms with van der Waals surface area (Å²) in [6, 6.07) is 9.45. The van der Waals surface area contributed by atoms with Crippen molar-refractivity contribution in [2.24, 2.45) is 0 Å². The van der Waals surface area contributed by atoms with Gasteiger partial charge >= 0.3 is 0 Å². The van der Waals surface area contributed by atoms with Gasteiger partial charge in [-0.3, -0.25) is 0 Å². The van der Waals surface area contributed by atoms with Gasteiger partial charge in [-0.05, 0) is 142 Å². The molecule has 2 aromatic carbocycles. The summed E-state index contributed by atoms with van der Waals surface area (Å²) in [5, 5.41) is 0. The summed E-state index contributed by atoms with van der Waals surface area (Å²) in [4.78, 5) is 0. The van der Waals surface area contributed by atoms with Gasteiger partial charge in [0.15, 0.2) is 0 Å². The summed E-state index contributed by atoms with van der Waals surface area (Å²) >= 11 is 5.12. The SMILES string of the molecule is Ic1ccc2c(c1-c1c(I)ccc3c1CCCC3)CCCC2. The lowest BCUT2D eigenvalue weighted by atomic mass is 9.81. The van der Waals surface area contributed by atoms with Crippen LogP contribution in [-0.4, -0.2) is 0 Å². The molecule has 22 heavy (non-hydrogen) atoms. The van der Waals surface area contributed by atoms with Crippen LogP contribution in [0.3, 0.4) is 0 Å². The Bertz CT molecular complexity index is 667. The van der Waals surface area contributed by atoms with Gasteiger partial charge in [0, 0.05) is 7.14 Å². The maximum Gasteiger partial charge on any atom is 0.0212 e. The largest absolute Gasteiger partial charge is 0.0577 e. The molecule has 0 spiro atoms. The van der Waals surface area contributed by atoms with Crippen LogP contribution in [0, 0.1) is 7.14 Å². The van der Waals surface area contributed by atoms with Crippen molar-refractivity contribution in [1.82, 2.24) is 0 Å². The summed E-state index contributed by atoms with van der Waals surface area (Å²) in [5.41, 5.74) is 9.64. The van der Waals surface area contributed by atoms with Crippen LogP contribution in [0.2, 0.25) is 0 Å². The Labute approximate surface area is 160 Å². The van der Waals surface area contributed by atoms with Crippen LogP contribution < -0.4 is 0 Å². The zero-order chi connectivity index (χ0) is 15.1. The maximum atomic E-state index is 2.56. The van der Waals surface area contributed by atoms with Gasteiger partial charge in [-0.25, -0.2) is 0 Å². The van der Waals surface area contributed by atoms with Crippen LogP contribution in [0.15, 0.2) is 24.3 Å². The molecule has 0 nitrogen and oxygen atoms in total. The van der Waals surface area contributed by atoms with Crippen molar-refractivity contribution in [2.45, 2.75) is 51.4 Å². The number of rotatable bonds is 1. The van der Waals surface area contributed by atoms with E-state index in [-0.39, 0.29) is 0 Å². The molecule has 0 amide bonds. The first-order valence-electron chi connectivity index (χ1n) is 8.36. The number of aryl methyl sites for hydroxylation is 2. The zero-order valence-corrected chi connectivity index (χ0v) is 17.0. The van der Waals surface area contributed by atoms with Crippen molar-refractivity contribution < 1.29 is 0 Å². The highest BCUT2D eigenvalue weighted by Gasteiger charge is 2.23. The highest BCUT2D eigenvalue weighted by molar-refractivity contribution is 14.1. The molecule has 0 atom stereocenters. The molecule has 0 radical (unpaired) electrons. The summed E-state index contributed by atoms with van der Waals surface area (Å²) in [6.45, 7) is 0. The van der Waals surface area contributed by atoms with E-state index in [0.29, 0.717) is 0 Å². The van der Waals surface area contributed by atoms with E-state index in [1.54, 1.807) is 33.4 Å². The summed E-state index contributed by atoms with van der Waals surface area (Å²) in [5.74, 6) is 0. The number of halogens is 2. The van der Waals surface area contributed by atoms with Gasteiger partial charge in [-0.2, -0.15) is 0 Å². The first-order chi connectivity index (χ1) is 10.8. The van der Waals surface area contributed by atoms with E-state index in [1.165, 1.54) is 58.5 Å². The van der Waals surface area contributed by atoms with Crippen LogP contribution in [0.4, 0.5) is 0 Å². The summed E-state index contributed by atoms with van der Waals surface area (Å²) in [7, 11) is 0. The second kappa shape index (κ2) is 6.42. The predicted molar refractivity (Wildman–Crippen MR) is 111 cm³/mol. The van der Waals surface area contributed by atoms with Crippen molar-refractivity contribution in [3.8, 4) is 11.1 Å². The van der Waals surface area contributed by atoms with Gasteiger partial charge in [-0.15, -0.1) is 0 Å². The first-order valence-corrected chi connectivity index (χ1v) is 10.5. The third kappa shape index (κ3) is 2.64. The highest BCUT2D eigenvalue weighted by atomic mass is 127. The number of benzene rings is 2. The fourth-order valence-electron chi connectivity index (χ4n) is 4.14. The molecule has 0 bridgehead atoms. The van der Waals surface area contributed by atoms with Crippen LogP contribution in [0.5, 0.6) is 0 Å². The molecule has 0 N–H and O–H groups in total. The Kier molecular flexibility index (Phi) is 4.50. The third-order valence-electron chi connectivity index (χ3n) is 5.21. The molecule has 0 saturated carbocycles. The van der Waals surface area contributed by atoms with Crippen LogP contribution in [-0.2, 0) is 25.7 Å². The second-order valence-corrected chi connectivity index (χ2v) is 8.86. The molecule has 0 saturated heterocycles. The highest BCUT2D eigenvalue weighted by Crippen LogP contribution is 2.41. The molecular formula is C20H20I2. The molecule has 0 unspecified atom stereocenters. The molecular weight excluding hydrogens is 494 g/mol. The Morgan fingerprint density at radius 1 is 0.545 bits per heavy atom. The Morgan fingerprint density at radius 3 is 1.41 bits per heavy atom. The first kappa shape index (κ1) is 15.4. The molecule has 0 heterocycles. The normalized spacial score (nSPS) is 17.0. The van der Waals surface area contributed by atoms with Crippen LogP contribution >= 0.6 is 45.2 Å². The number of fused-ring (bicyclic) bond motifs is 2. The van der Waals surface area contributed by atoms with Gasteiger partial charge in [0.25, 0.3) is 0 Å². The topological polar surface area (TPSA) is 0 Å². The van der Waals surface area contributed by atoms with E-state index in [1.807, 2.05) is 0 Å². The van der Waals surface area contributed by atoms with Crippen molar-refractivity contribution in [3.05, 3.63) is 53.7 Å². The fourth-order valence-corrected chi connectivity index (χ4v) is 5.69. The molecule has 2 aromatic rings. The summed E-state index contributed by atoms with van der Waals surface area (Å²) in [6.07, 6.45) is 10.5. The molecule has 2 heteroatoms. The van der Waals surface area contributed by atoms with Crippen molar-refractivity contribution in [1.29, 1.82) is 0 Å². The minimum atomic E-state index is 1.27. The second-order valence-electron chi connectivity index (χ2n) is 6.53. The van der Waals surface area contributed by atoms with E-state index in [9.17, 15) is 0 Å². The molecule has 2 aliphatic rings. The standard InChI is InChI=1S/C20H20I2/c21-17-11-9-13-5-1-3-7-15(13)19(17)20-16-8-4-2-6-14(16)10-12-18(20)22/h9-12H,1-8H2. The predicted octanol–water partition coefficient (Wildman–Crippen LogP) is 6.32. The lowest BCUT2D eigenvalue weighted by molar-refractivity contribution is 0.681. The van der Waals surface area contributed by atoms with E-state index in [2.05, 4.69) is 69.4 Å². The number of hydrogen-bond donors (Lipinski definition) is 0. The smallest absolute Gasteiger partial charge is 0.0212 e. The van der Waals surface area contributed by atoms with Gasteiger partial charge in [0.2, 0.25) is 0 Å². The van der Waals surface area contributed by atoms with Gasteiger partial charge in [0.1, 0.15) is 0 Å². The van der Waals surface area contributed by atoms with Crippen LogP contribution in [0.25, 0.3) is 11.1 Å². The molecule has 4 rings (SSSR count). The lowest BCUT2D eigenvalue weighted by Gasteiger charge is -2.26. The Balaban J connectivity index is 2.00. The lowest BCUT2D eigenvalue weighted by Crippen LogP contribution is -2.10. The maximum absolute atomic E-state index is 2.56. The quantitative estimate of drug-likeness (QED) is 0.391. The van der Waals surface area contributed by atoms with Crippen molar-refractivity contribution in [3.63, 3.8) is 0 Å². The Morgan fingerprint density at radius 2 is 0.955 bits per heavy atom. The average molecular weight is 514 g/mol. The van der Waals surface area contributed by atoms with Gasteiger partial charge in [0.05, 0.1) is 0 Å². The van der Waals surface area contributed by atoms with Gasteiger partial charge < -0.3 is 0 Å². The third-order valence-corrected chi connectivity index (χ3v) is 7.01. The minimum Gasteiger partial charge on any atom is -0.0577 e. The van der Waals surface area contributed by atoms with Crippen molar-refractivity contribution >= 4 is 45.2 Å². The van der Waals surface area contributed by atoms with E-state index in [0.717, 1.165) is 0 Å².